The van der Waals surface area contributed by atoms with Gasteiger partial charge in [-0.15, -0.1) is 0 Å². The van der Waals surface area contributed by atoms with Gasteiger partial charge < -0.3 is 49.1 Å². The minimum absolute atomic E-state index is 0.0384. The molecule has 0 fully saturated rings. The summed E-state index contributed by atoms with van der Waals surface area (Å²) in [7, 11) is 0. The Morgan fingerprint density at radius 1 is 0.895 bits per heavy atom. The van der Waals surface area contributed by atoms with Gasteiger partial charge >= 0.3 is 5.97 Å². The number of phenolic OH excluding ortho intramolecular Hbond substituents is 1. The Kier molecular flexibility index (Phi) is 13.4. The fourth-order valence-corrected chi connectivity index (χ4v) is 3.42. The molecule has 13 N–H and O–H groups in total. The van der Waals surface area contributed by atoms with E-state index in [-0.39, 0.29) is 43.3 Å². The van der Waals surface area contributed by atoms with Gasteiger partial charge in [-0.3, -0.25) is 24.2 Å². The lowest BCUT2D eigenvalue weighted by molar-refractivity contribution is -0.142. The lowest BCUT2D eigenvalue weighted by Gasteiger charge is -2.24. The third kappa shape index (κ3) is 11.8. The van der Waals surface area contributed by atoms with Crippen molar-refractivity contribution in [2.75, 3.05) is 12.3 Å². The summed E-state index contributed by atoms with van der Waals surface area (Å²) in [4.78, 5) is 64.8. The average molecular weight is 555 g/mol. The van der Waals surface area contributed by atoms with Gasteiger partial charge in [0.15, 0.2) is 5.96 Å². The van der Waals surface area contributed by atoms with Crippen LogP contribution < -0.4 is 38.9 Å². The zero-order chi connectivity index (χ0) is 28.8. The zero-order valence-corrected chi connectivity index (χ0v) is 21.4. The number of carbonyl (C=O) groups is 5. The van der Waals surface area contributed by atoms with Crippen LogP contribution in [0.3, 0.4) is 0 Å². The molecule has 0 bridgehead atoms. The molecule has 4 amide bonds. The van der Waals surface area contributed by atoms with Crippen LogP contribution >= 0.6 is 12.6 Å². The van der Waals surface area contributed by atoms with E-state index in [9.17, 15) is 34.2 Å². The van der Waals surface area contributed by atoms with Crippen molar-refractivity contribution in [2.45, 2.75) is 49.9 Å². The van der Waals surface area contributed by atoms with Gasteiger partial charge in [0.2, 0.25) is 23.6 Å². The number of nitrogens with one attached hydrogen (secondary N) is 3. The highest BCUT2D eigenvalue weighted by molar-refractivity contribution is 7.80. The quantitative estimate of drug-likeness (QED) is 0.0419. The molecule has 0 heterocycles. The topological polar surface area (TPSA) is 278 Å². The zero-order valence-electron chi connectivity index (χ0n) is 20.5. The summed E-state index contributed by atoms with van der Waals surface area (Å²) in [6.07, 6.45) is -0.339. The standard InChI is InChI=1S/C22H34N8O7S/c23-13(8-11-3-5-12(31)6-4-11)18(33)30-16(10-38)20(35)29-15(9-17(24)32)19(34)28-14(21(36)37)2-1-7-27-22(25)26/h3-6,13-16,31,38H,1-2,7-10,23H2,(H2,24,32)(H,28,34)(H,29,35)(H,30,33)(H,36,37)(H4,25,26,27)/t13-,14-,15-,16-/m0/s1. The number of amides is 4. The molecule has 1 rings (SSSR count). The van der Waals surface area contributed by atoms with Crippen LogP contribution in [0.1, 0.15) is 24.8 Å². The van der Waals surface area contributed by atoms with E-state index in [4.69, 9.17) is 22.9 Å². The summed E-state index contributed by atoms with van der Waals surface area (Å²) in [5.41, 5.74) is 22.2. The third-order valence-electron chi connectivity index (χ3n) is 5.14. The number of benzene rings is 1. The largest absolute Gasteiger partial charge is 0.508 e. The molecule has 0 radical (unpaired) electrons. The second-order valence-electron chi connectivity index (χ2n) is 8.30. The van der Waals surface area contributed by atoms with Crippen LogP contribution in [-0.4, -0.2) is 82.2 Å². The number of aromatic hydroxyl groups is 1. The van der Waals surface area contributed by atoms with Crippen LogP contribution in [0.5, 0.6) is 5.75 Å². The Morgan fingerprint density at radius 3 is 1.97 bits per heavy atom. The number of carbonyl (C=O) groups excluding carboxylic acids is 4. The number of nitrogens with two attached hydrogens (primary N) is 4. The molecule has 0 aliphatic heterocycles. The number of aliphatic carboxylic acids is 1. The number of hydrogen-bond donors (Lipinski definition) is 10. The van der Waals surface area contributed by atoms with E-state index in [0.29, 0.717) is 5.56 Å². The first kappa shape index (κ1) is 32.0. The molecular formula is C22H34N8O7S. The number of carboxylic acid groups (broad SMARTS) is 1. The lowest BCUT2D eigenvalue weighted by atomic mass is 10.1. The molecule has 0 saturated carbocycles. The van der Waals surface area contributed by atoms with Crippen molar-refractivity contribution in [1.82, 2.24) is 16.0 Å². The van der Waals surface area contributed by atoms with Crippen LogP contribution in [0.4, 0.5) is 0 Å². The monoisotopic (exact) mass is 554 g/mol. The summed E-state index contributed by atoms with van der Waals surface area (Å²) < 4.78 is 0. The number of nitrogens with zero attached hydrogens (tertiary/aromatic N) is 1. The van der Waals surface area contributed by atoms with Crippen LogP contribution in [0.25, 0.3) is 0 Å². The molecule has 0 aliphatic rings. The number of carboxylic acids is 1. The van der Waals surface area contributed by atoms with Crippen molar-refractivity contribution in [2.24, 2.45) is 27.9 Å². The predicted molar refractivity (Wildman–Crippen MR) is 141 cm³/mol. The minimum atomic E-state index is -1.52. The lowest BCUT2D eigenvalue weighted by Crippen LogP contribution is -2.58. The van der Waals surface area contributed by atoms with E-state index in [2.05, 4.69) is 33.6 Å². The summed E-state index contributed by atoms with van der Waals surface area (Å²) in [5.74, 6) is -5.12. The molecule has 15 nitrogen and oxygen atoms in total. The molecule has 0 spiro atoms. The van der Waals surface area contributed by atoms with Crippen molar-refractivity contribution in [3.63, 3.8) is 0 Å². The van der Waals surface area contributed by atoms with Gasteiger partial charge in [-0.2, -0.15) is 12.6 Å². The first-order valence-corrected chi connectivity index (χ1v) is 12.1. The Morgan fingerprint density at radius 2 is 1.45 bits per heavy atom. The SMILES string of the molecule is NC(=O)C[C@H](NC(=O)[C@H](CS)NC(=O)[C@@H](N)Cc1ccc(O)cc1)C(=O)N[C@@H](CCCN=C(N)N)C(=O)O. The molecule has 1 aromatic rings. The van der Waals surface area contributed by atoms with Crippen molar-refractivity contribution >= 4 is 48.2 Å². The Hall–Kier alpha value is -4.05. The van der Waals surface area contributed by atoms with Crippen LogP contribution in [0, 0.1) is 0 Å². The van der Waals surface area contributed by atoms with E-state index < -0.39 is 60.2 Å². The van der Waals surface area contributed by atoms with Crippen LogP contribution in [-0.2, 0) is 30.4 Å². The van der Waals surface area contributed by atoms with Gasteiger partial charge in [-0.25, -0.2) is 4.79 Å². The number of phenols is 1. The third-order valence-corrected chi connectivity index (χ3v) is 5.51. The number of aliphatic imine (C=N–C) groups is 1. The molecular weight excluding hydrogens is 520 g/mol. The number of thiol groups is 1. The van der Waals surface area contributed by atoms with Gasteiger partial charge in [-0.05, 0) is 37.0 Å². The van der Waals surface area contributed by atoms with E-state index in [1.54, 1.807) is 12.1 Å². The highest BCUT2D eigenvalue weighted by Gasteiger charge is 2.30. The molecule has 0 aromatic heterocycles. The highest BCUT2D eigenvalue weighted by atomic mass is 32.1. The number of primary amides is 1. The summed E-state index contributed by atoms with van der Waals surface area (Å²) >= 11 is 4.05. The number of rotatable bonds is 16. The van der Waals surface area contributed by atoms with Crippen molar-refractivity contribution in [1.29, 1.82) is 0 Å². The molecule has 16 heteroatoms. The van der Waals surface area contributed by atoms with Crippen molar-refractivity contribution < 1.29 is 34.2 Å². The average Bonchev–Trinajstić information content (AvgIpc) is 2.84. The summed E-state index contributed by atoms with van der Waals surface area (Å²) in [5, 5.41) is 25.7. The van der Waals surface area contributed by atoms with Crippen molar-refractivity contribution in [3.05, 3.63) is 29.8 Å². The summed E-state index contributed by atoms with van der Waals surface area (Å²) in [6.45, 7) is 0.127. The second-order valence-corrected chi connectivity index (χ2v) is 8.67. The predicted octanol–water partition coefficient (Wildman–Crippen LogP) is -3.34. The molecule has 0 unspecified atom stereocenters. The molecule has 0 saturated heterocycles. The van der Waals surface area contributed by atoms with Gasteiger partial charge in [0, 0.05) is 12.3 Å². The molecule has 210 valence electrons. The van der Waals surface area contributed by atoms with E-state index in [0.717, 1.165) is 0 Å². The maximum Gasteiger partial charge on any atom is 0.326 e. The fraction of sp³-hybridized carbons (Fsp3) is 0.455. The minimum Gasteiger partial charge on any atom is -0.508 e. The van der Waals surface area contributed by atoms with E-state index >= 15 is 0 Å². The highest BCUT2D eigenvalue weighted by Crippen LogP contribution is 2.11. The van der Waals surface area contributed by atoms with Crippen LogP contribution in [0.15, 0.2) is 29.3 Å². The number of guanidine groups is 1. The van der Waals surface area contributed by atoms with Crippen LogP contribution in [0.2, 0.25) is 0 Å². The molecule has 0 aliphatic carbocycles. The maximum absolute atomic E-state index is 12.8. The molecule has 38 heavy (non-hydrogen) atoms. The van der Waals surface area contributed by atoms with Crippen molar-refractivity contribution in [3.8, 4) is 5.75 Å². The normalized spacial score (nSPS) is 13.7. The molecule has 1 aromatic carbocycles. The first-order chi connectivity index (χ1) is 17.8. The smallest absolute Gasteiger partial charge is 0.326 e. The molecule has 4 atom stereocenters. The van der Waals surface area contributed by atoms with E-state index in [1.807, 2.05) is 0 Å². The fourth-order valence-electron chi connectivity index (χ4n) is 3.17. The Balaban J connectivity index is 2.82. The summed E-state index contributed by atoms with van der Waals surface area (Å²) in [6, 6.07) is 0.878. The number of hydrogen-bond acceptors (Lipinski definition) is 9. The van der Waals surface area contributed by atoms with Gasteiger partial charge in [-0.1, -0.05) is 12.1 Å². The first-order valence-electron chi connectivity index (χ1n) is 11.5. The van der Waals surface area contributed by atoms with E-state index in [1.165, 1.54) is 12.1 Å². The van der Waals surface area contributed by atoms with Gasteiger partial charge in [0.05, 0.1) is 12.5 Å². The van der Waals surface area contributed by atoms with Gasteiger partial charge in [0.25, 0.3) is 0 Å². The Labute approximate surface area is 224 Å². The second kappa shape index (κ2) is 15.9. The van der Waals surface area contributed by atoms with Gasteiger partial charge in [0.1, 0.15) is 23.9 Å². The Bertz CT molecular complexity index is 1020. The maximum atomic E-state index is 12.8.